The van der Waals surface area contributed by atoms with Gasteiger partial charge in [-0.05, 0) is 32.5 Å². The maximum absolute atomic E-state index is 12.5. The number of pyridine rings is 1. The summed E-state index contributed by atoms with van der Waals surface area (Å²) in [6, 6.07) is 0.946. The minimum Gasteiger partial charge on any atom is -0.388 e. The highest BCUT2D eigenvalue weighted by molar-refractivity contribution is 14.1. The van der Waals surface area contributed by atoms with Crippen molar-refractivity contribution < 1.29 is 18.8 Å². The molecule has 82 valence electrons. The molecule has 0 bridgehead atoms. The van der Waals surface area contributed by atoms with Crippen LogP contribution in [0.15, 0.2) is 6.07 Å². The smallest absolute Gasteiger partial charge is 0.364 e. The van der Waals surface area contributed by atoms with Crippen LogP contribution in [-0.4, -0.2) is 15.0 Å². The fraction of sp³-hybridized carbons (Fsp3) is 0.286. The van der Waals surface area contributed by atoms with Crippen LogP contribution in [0.25, 0.3) is 0 Å². The second kappa shape index (κ2) is 4.75. The van der Waals surface area contributed by atoms with Crippen LogP contribution in [0, 0.1) is 13.7 Å². The average molecular weight is 330 g/mol. The van der Waals surface area contributed by atoms with E-state index in [9.17, 15) is 18.9 Å². The predicted molar refractivity (Wildman–Crippen MR) is 54.5 cm³/mol. The Morgan fingerprint density at radius 2 is 2.27 bits per heavy atom. The van der Waals surface area contributed by atoms with Crippen LogP contribution in [0.1, 0.15) is 17.7 Å². The fourth-order valence-corrected chi connectivity index (χ4v) is 1.83. The highest BCUT2D eigenvalue weighted by Crippen LogP contribution is 2.29. The summed E-state index contributed by atoms with van der Waals surface area (Å²) in [5.41, 5.74) is -0.813. The van der Waals surface area contributed by atoms with Crippen molar-refractivity contribution in [1.82, 2.24) is 4.98 Å². The first-order valence-corrected chi connectivity index (χ1v) is 4.78. The topological polar surface area (TPSA) is 76.3 Å². The molecule has 0 unspecified atom stereocenters. The standard InChI is InChI=1S/C7H5F2IN2O3/c8-7(9)6-3(10)1-5(12(14)15)11-4(6)2-13/h1,7,13H,2H2. The number of hydrogen-bond acceptors (Lipinski definition) is 4. The lowest BCUT2D eigenvalue weighted by Crippen LogP contribution is -2.04. The van der Waals surface area contributed by atoms with Crippen molar-refractivity contribution in [3.8, 4) is 0 Å². The Balaban J connectivity index is 3.37. The van der Waals surface area contributed by atoms with Crippen LogP contribution in [0.2, 0.25) is 0 Å². The van der Waals surface area contributed by atoms with Gasteiger partial charge in [0.1, 0.15) is 6.61 Å². The maximum Gasteiger partial charge on any atom is 0.364 e. The van der Waals surface area contributed by atoms with Gasteiger partial charge in [0.15, 0.2) is 5.69 Å². The molecule has 0 atom stereocenters. The SMILES string of the molecule is O=[N+]([O-])c1cc(I)c(C(F)F)c(CO)n1. The number of aliphatic hydroxyl groups excluding tert-OH is 1. The second-order valence-corrected chi connectivity index (χ2v) is 3.70. The highest BCUT2D eigenvalue weighted by atomic mass is 127. The summed E-state index contributed by atoms with van der Waals surface area (Å²) in [4.78, 5) is 12.9. The van der Waals surface area contributed by atoms with Crippen LogP contribution < -0.4 is 0 Å². The molecule has 0 amide bonds. The first-order chi connectivity index (χ1) is 6.97. The summed E-state index contributed by atoms with van der Waals surface area (Å²) in [5.74, 6) is -0.548. The van der Waals surface area contributed by atoms with Gasteiger partial charge in [0.2, 0.25) is 0 Å². The minimum absolute atomic E-state index is 0.0216. The van der Waals surface area contributed by atoms with Gasteiger partial charge < -0.3 is 15.2 Å². The van der Waals surface area contributed by atoms with Crippen LogP contribution in [0.4, 0.5) is 14.6 Å². The number of halogens is 3. The lowest BCUT2D eigenvalue weighted by atomic mass is 10.2. The molecule has 0 spiro atoms. The van der Waals surface area contributed by atoms with Crippen molar-refractivity contribution in [2.45, 2.75) is 13.0 Å². The lowest BCUT2D eigenvalue weighted by molar-refractivity contribution is -0.389. The Morgan fingerprint density at radius 3 is 2.67 bits per heavy atom. The number of nitrogens with zero attached hydrogens (tertiary/aromatic N) is 2. The van der Waals surface area contributed by atoms with Gasteiger partial charge in [0.05, 0.1) is 5.56 Å². The lowest BCUT2D eigenvalue weighted by Gasteiger charge is -2.04. The summed E-state index contributed by atoms with van der Waals surface area (Å²) in [7, 11) is 0. The quantitative estimate of drug-likeness (QED) is 0.523. The van der Waals surface area contributed by atoms with E-state index < -0.39 is 29.3 Å². The molecule has 0 saturated carbocycles. The molecule has 1 heterocycles. The first-order valence-electron chi connectivity index (χ1n) is 3.70. The van der Waals surface area contributed by atoms with E-state index in [1.165, 1.54) is 0 Å². The van der Waals surface area contributed by atoms with E-state index in [0.29, 0.717) is 0 Å². The maximum atomic E-state index is 12.5. The summed E-state index contributed by atoms with van der Waals surface area (Å²) in [5, 5.41) is 19.1. The van der Waals surface area contributed by atoms with E-state index in [2.05, 4.69) is 4.98 Å². The van der Waals surface area contributed by atoms with Gasteiger partial charge in [-0.2, -0.15) is 0 Å². The van der Waals surface area contributed by atoms with Crippen molar-refractivity contribution in [3.05, 3.63) is 31.0 Å². The monoisotopic (exact) mass is 330 g/mol. The van der Waals surface area contributed by atoms with Crippen LogP contribution in [0.5, 0.6) is 0 Å². The summed E-state index contributed by atoms with van der Waals surface area (Å²) in [6.07, 6.45) is -2.81. The van der Waals surface area contributed by atoms with Gasteiger partial charge in [0.25, 0.3) is 6.43 Å². The zero-order valence-corrected chi connectivity index (χ0v) is 9.31. The summed E-state index contributed by atoms with van der Waals surface area (Å²) >= 11 is 1.55. The molecule has 0 aliphatic carbocycles. The molecule has 0 aromatic carbocycles. The largest absolute Gasteiger partial charge is 0.388 e. The molecule has 1 aromatic rings. The predicted octanol–water partition coefficient (Wildman–Crippen LogP) is 2.02. The molecule has 5 nitrogen and oxygen atoms in total. The van der Waals surface area contributed by atoms with E-state index in [-0.39, 0.29) is 9.26 Å². The molecule has 1 rings (SSSR count). The van der Waals surface area contributed by atoms with E-state index in [1.54, 1.807) is 22.6 Å². The molecular formula is C7H5F2IN2O3. The number of rotatable bonds is 3. The molecule has 15 heavy (non-hydrogen) atoms. The van der Waals surface area contributed by atoms with Crippen molar-refractivity contribution >= 4 is 28.4 Å². The zero-order valence-electron chi connectivity index (χ0n) is 7.15. The number of aliphatic hydroxyl groups is 1. The summed E-state index contributed by atoms with van der Waals surface area (Å²) < 4.78 is 25.0. The number of alkyl halides is 2. The van der Waals surface area contributed by atoms with Crippen molar-refractivity contribution in [1.29, 1.82) is 0 Å². The Kier molecular flexibility index (Phi) is 3.85. The Hall–Kier alpha value is -0.900. The molecule has 0 saturated heterocycles. The molecule has 0 radical (unpaired) electrons. The first kappa shape index (κ1) is 12.2. The van der Waals surface area contributed by atoms with Gasteiger partial charge in [-0.1, -0.05) is 0 Å². The van der Waals surface area contributed by atoms with Gasteiger partial charge in [-0.25, -0.2) is 8.78 Å². The van der Waals surface area contributed by atoms with Crippen molar-refractivity contribution in [2.75, 3.05) is 0 Å². The Labute approximate surface area is 96.4 Å². The second-order valence-electron chi connectivity index (χ2n) is 2.54. The van der Waals surface area contributed by atoms with Crippen LogP contribution in [0.3, 0.4) is 0 Å². The third kappa shape index (κ3) is 2.56. The average Bonchev–Trinajstić information content (AvgIpc) is 2.15. The molecule has 1 aromatic heterocycles. The van der Waals surface area contributed by atoms with Gasteiger partial charge in [-0.15, -0.1) is 0 Å². The number of aromatic nitrogens is 1. The number of nitro groups is 1. The molecular weight excluding hydrogens is 325 g/mol. The molecule has 8 heteroatoms. The molecule has 0 aliphatic rings. The van der Waals surface area contributed by atoms with Gasteiger partial charge >= 0.3 is 5.82 Å². The molecule has 0 aliphatic heterocycles. The highest BCUT2D eigenvalue weighted by Gasteiger charge is 2.24. The Morgan fingerprint density at radius 1 is 1.67 bits per heavy atom. The minimum atomic E-state index is -2.81. The van der Waals surface area contributed by atoms with Gasteiger partial charge in [0, 0.05) is 9.64 Å². The van der Waals surface area contributed by atoms with Gasteiger partial charge in [-0.3, -0.25) is 0 Å². The zero-order chi connectivity index (χ0) is 11.6. The van der Waals surface area contributed by atoms with E-state index >= 15 is 0 Å². The summed E-state index contributed by atoms with van der Waals surface area (Å²) in [6.45, 7) is -0.753. The Bertz CT molecular complexity index is 400. The van der Waals surface area contributed by atoms with Crippen LogP contribution >= 0.6 is 22.6 Å². The third-order valence-corrected chi connectivity index (χ3v) is 2.52. The van der Waals surface area contributed by atoms with E-state index in [0.717, 1.165) is 6.07 Å². The fourth-order valence-electron chi connectivity index (χ4n) is 1.00. The van der Waals surface area contributed by atoms with Crippen molar-refractivity contribution in [2.24, 2.45) is 0 Å². The normalized spacial score (nSPS) is 10.7. The third-order valence-electron chi connectivity index (χ3n) is 1.63. The molecule has 0 fully saturated rings. The van der Waals surface area contributed by atoms with Crippen LogP contribution in [-0.2, 0) is 6.61 Å². The molecule has 1 N–H and O–H groups in total. The number of hydrogen-bond donors (Lipinski definition) is 1. The van der Waals surface area contributed by atoms with Crippen molar-refractivity contribution in [3.63, 3.8) is 0 Å². The van der Waals surface area contributed by atoms with E-state index in [4.69, 9.17) is 5.11 Å². The van der Waals surface area contributed by atoms with E-state index in [1.807, 2.05) is 0 Å².